The summed E-state index contributed by atoms with van der Waals surface area (Å²) >= 11 is 0. The molecule has 1 N–H and O–H groups in total. The van der Waals surface area contributed by atoms with Gasteiger partial charge in [-0.1, -0.05) is 29.4 Å². The largest absolute Gasteiger partial charge is 0.469 e. The van der Waals surface area contributed by atoms with Crippen LogP contribution in [0.3, 0.4) is 0 Å². The minimum Gasteiger partial charge on any atom is -0.469 e. The van der Waals surface area contributed by atoms with E-state index in [0.29, 0.717) is 17.7 Å². The van der Waals surface area contributed by atoms with E-state index in [4.69, 9.17) is 9.57 Å². The number of nitrogens with one attached hydrogen (secondary N) is 1. The molecule has 1 heterocycles. The third-order valence-corrected chi connectivity index (χ3v) is 4.40. The number of halogens is 1. The lowest BCUT2D eigenvalue weighted by molar-refractivity contribution is -0.145. The van der Waals surface area contributed by atoms with Crippen molar-refractivity contribution in [2.75, 3.05) is 7.11 Å². The number of ether oxygens (including phenoxy) is 1. The van der Waals surface area contributed by atoms with E-state index < -0.39 is 5.60 Å². The number of nitrogens with zero attached hydrogens (tertiary/aromatic N) is 1. The van der Waals surface area contributed by atoms with Gasteiger partial charge in [-0.3, -0.25) is 9.59 Å². The van der Waals surface area contributed by atoms with Crippen LogP contribution in [0.4, 0.5) is 4.39 Å². The molecule has 6 nitrogen and oxygen atoms in total. The van der Waals surface area contributed by atoms with Crippen LogP contribution in [0.2, 0.25) is 0 Å². The van der Waals surface area contributed by atoms with E-state index in [0.717, 1.165) is 0 Å². The van der Waals surface area contributed by atoms with E-state index in [2.05, 4.69) is 10.5 Å². The summed E-state index contributed by atoms with van der Waals surface area (Å²) in [6.45, 7) is 1.63. The number of hydrogen-bond acceptors (Lipinski definition) is 5. The third kappa shape index (κ3) is 3.55. The molecule has 132 valence electrons. The van der Waals surface area contributed by atoms with Crippen molar-refractivity contribution < 1.29 is 23.6 Å². The zero-order valence-corrected chi connectivity index (χ0v) is 14.0. The molecular formula is C18H19FN2O4. The Kier molecular flexibility index (Phi) is 4.57. The van der Waals surface area contributed by atoms with Crippen molar-refractivity contribution in [3.8, 4) is 0 Å². The van der Waals surface area contributed by atoms with Gasteiger partial charge in [0.25, 0.3) is 5.91 Å². The van der Waals surface area contributed by atoms with Crippen LogP contribution in [0.15, 0.2) is 41.6 Å². The minimum absolute atomic E-state index is 0.235. The summed E-state index contributed by atoms with van der Waals surface area (Å²) in [6, 6.07) is 5.73. The molecule has 3 rings (SSSR count). The fraction of sp³-hybridized carbons (Fsp3) is 0.389. The summed E-state index contributed by atoms with van der Waals surface area (Å²) in [5.41, 5.74) is -0.0617. The number of rotatable bonds is 4. The van der Waals surface area contributed by atoms with E-state index in [1.165, 1.54) is 19.2 Å². The SMILES string of the molecule is COC(=O)[C@H]1C=C[C@@H](NC(=O)C2(C)CC(c3cccc(F)c3)=NO2)C1. The highest BCUT2D eigenvalue weighted by Gasteiger charge is 2.43. The van der Waals surface area contributed by atoms with Crippen LogP contribution in [0.25, 0.3) is 0 Å². The number of methoxy groups -OCH3 is 1. The molecule has 1 unspecified atom stereocenters. The first-order valence-electron chi connectivity index (χ1n) is 7.99. The number of amides is 1. The first kappa shape index (κ1) is 17.1. The van der Waals surface area contributed by atoms with Crippen LogP contribution in [-0.4, -0.2) is 36.3 Å². The second-order valence-electron chi connectivity index (χ2n) is 6.38. The number of oxime groups is 1. The van der Waals surface area contributed by atoms with Gasteiger partial charge in [0.05, 0.1) is 18.7 Å². The highest BCUT2D eigenvalue weighted by Crippen LogP contribution is 2.28. The molecule has 2 aliphatic rings. The second kappa shape index (κ2) is 6.66. The zero-order chi connectivity index (χ0) is 18.0. The van der Waals surface area contributed by atoms with Crippen molar-refractivity contribution in [3.05, 3.63) is 47.8 Å². The van der Waals surface area contributed by atoms with Crippen molar-refractivity contribution in [2.45, 2.75) is 31.4 Å². The summed E-state index contributed by atoms with van der Waals surface area (Å²) in [5, 5.41) is 6.80. The lowest BCUT2D eigenvalue weighted by Crippen LogP contribution is -2.48. The molecule has 1 aromatic carbocycles. The molecule has 1 aliphatic heterocycles. The lowest BCUT2D eigenvalue weighted by Gasteiger charge is -2.23. The van der Waals surface area contributed by atoms with Crippen LogP contribution in [0.1, 0.15) is 25.3 Å². The number of esters is 1. The van der Waals surface area contributed by atoms with E-state index >= 15 is 0 Å². The van der Waals surface area contributed by atoms with Gasteiger partial charge < -0.3 is 14.9 Å². The summed E-state index contributed by atoms with van der Waals surface area (Å²) in [7, 11) is 1.33. The molecule has 0 saturated carbocycles. The fourth-order valence-corrected chi connectivity index (χ4v) is 2.94. The van der Waals surface area contributed by atoms with Gasteiger partial charge in [-0.25, -0.2) is 4.39 Å². The number of carbonyl (C=O) groups is 2. The van der Waals surface area contributed by atoms with Crippen molar-refractivity contribution in [1.82, 2.24) is 5.32 Å². The Morgan fingerprint density at radius 1 is 1.40 bits per heavy atom. The quantitative estimate of drug-likeness (QED) is 0.668. The smallest absolute Gasteiger partial charge is 0.312 e. The highest BCUT2D eigenvalue weighted by atomic mass is 19.1. The molecule has 0 fully saturated rings. The van der Waals surface area contributed by atoms with Crippen molar-refractivity contribution in [1.29, 1.82) is 0 Å². The molecule has 1 amide bonds. The summed E-state index contributed by atoms with van der Waals surface area (Å²) in [6.07, 6.45) is 4.18. The van der Waals surface area contributed by atoms with Crippen LogP contribution >= 0.6 is 0 Å². The Morgan fingerprint density at radius 2 is 2.20 bits per heavy atom. The first-order valence-corrected chi connectivity index (χ1v) is 7.99. The topological polar surface area (TPSA) is 77.0 Å². The van der Waals surface area contributed by atoms with Crippen LogP contribution in [0, 0.1) is 11.7 Å². The number of benzene rings is 1. The Labute approximate surface area is 144 Å². The van der Waals surface area contributed by atoms with E-state index in [1.807, 2.05) is 0 Å². The van der Waals surface area contributed by atoms with E-state index in [1.54, 1.807) is 31.2 Å². The minimum atomic E-state index is -1.17. The molecule has 0 radical (unpaired) electrons. The zero-order valence-electron chi connectivity index (χ0n) is 14.0. The predicted octanol–water partition coefficient (Wildman–Crippen LogP) is 1.94. The predicted molar refractivity (Wildman–Crippen MR) is 88.2 cm³/mol. The van der Waals surface area contributed by atoms with Crippen LogP contribution in [-0.2, 0) is 19.2 Å². The van der Waals surface area contributed by atoms with Gasteiger partial charge in [0.2, 0.25) is 5.60 Å². The van der Waals surface area contributed by atoms with Gasteiger partial charge in [-0.15, -0.1) is 0 Å². The lowest BCUT2D eigenvalue weighted by atomic mass is 9.94. The Morgan fingerprint density at radius 3 is 2.92 bits per heavy atom. The van der Waals surface area contributed by atoms with Crippen molar-refractivity contribution in [3.63, 3.8) is 0 Å². The van der Waals surface area contributed by atoms with Crippen molar-refractivity contribution in [2.24, 2.45) is 11.1 Å². The average Bonchev–Trinajstić information content (AvgIpc) is 3.22. The van der Waals surface area contributed by atoms with Gasteiger partial charge in [-0.05, 0) is 25.5 Å². The van der Waals surface area contributed by atoms with Crippen molar-refractivity contribution >= 4 is 17.6 Å². The van der Waals surface area contributed by atoms with Gasteiger partial charge in [-0.2, -0.15) is 0 Å². The Hall–Kier alpha value is -2.70. The maximum absolute atomic E-state index is 13.4. The Balaban J connectivity index is 1.60. The van der Waals surface area contributed by atoms with Gasteiger partial charge in [0.1, 0.15) is 5.82 Å². The summed E-state index contributed by atoms with van der Waals surface area (Å²) in [5.74, 6) is -1.38. The standard InChI is InChI=1S/C18H19FN2O4/c1-18(10-15(21-25-18)11-4-3-5-13(19)8-11)17(23)20-14-7-6-12(9-14)16(22)24-2/h3-8,12,14H,9-10H2,1-2H3,(H,20,23)/t12-,14+,18?/m0/s1. The molecule has 0 spiro atoms. The maximum atomic E-state index is 13.4. The summed E-state index contributed by atoms with van der Waals surface area (Å²) in [4.78, 5) is 29.5. The fourth-order valence-electron chi connectivity index (χ4n) is 2.94. The molecule has 7 heteroatoms. The molecular weight excluding hydrogens is 327 g/mol. The first-order chi connectivity index (χ1) is 11.9. The molecule has 3 atom stereocenters. The summed E-state index contributed by atoms with van der Waals surface area (Å²) < 4.78 is 18.1. The molecule has 25 heavy (non-hydrogen) atoms. The average molecular weight is 346 g/mol. The molecule has 0 saturated heterocycles. The number of hydrogen-bond donors (Lipinski definition) is 1. The monoisotopic (exact) mass is 346 g/mol. The van der Waals surface area contributed by atoms with Gasteiger partial charge in [0, 0.05) is 18.0 Å². The van der Waals surface area contributed by atoms with Crippen LogP contribution in [0.5, 0.6) is 0 Å². The third-order valence-electron chi connectivity index (χ3n) is 4.40. The highest BCUT2D eigenvalue weighted by molar-refractivity contribution is 6.05. The number of carbonyl (C=O) groups excluding carboxylic acids is 2. The maximum Gasteiger partial charge on any atom is 0.312 e. The normalized spacial score (nSPS) is 27.6. The molecule has 1 aliphatic carbocycles. The van der Waals surface area contributed by atoms with E-state index in [-0.39, 0.29) is 36.1 Å². The van der Waals surface area contributed by atoms with Gasteiger partial charge in [0.15, 0.2) is 0 Å². The Bertz CT molecular complexity index is 761. The molecule has 0 aromatic heterocycles. The van der Waals surface area contributed by atoms with E-state index in [9.17, 15) is 14.0 Å². The van der Waals surface area contributed by atoms with Crippen LogP contribution < -0.4 is 5.32 Å². The molecule has 1 aromatic rings. The van der Waals surface area contributed by atoms with Gasteiger partial charge >= 0.3 is 5.97 Å². The molecule has 0 bridgehead atoms. The second-order valence-corrected chi connectivity index (χ2v) is 6.38.